The molecule has 0 N–H and O–H groups in total. The summed E-state index contributed by atoms with van der Waals surface area (Å²) in [7, 11) is 0. The van der Waals surface area contributed by atoms with Crippen LogP contribution in [-0.4, -0.2) is 18.2 Å². The molecular weight excluding hydrogens is 350 g/mol. The van der Waals surface area contributed by atoms with Crippen LogP contribution in [0.15, 0.2) is 58.9 Å². The zero-order valence-electron chi connectivity index (χ0n) is 16.7. The minimum absolute atomic E-state index is 0.106. The van der Waals surface area contributed by atoms with E-state index in [2.05, 4.69) is 37.8 Å². The first-order valence-electron chi connectivity index (χ1n) is 10.4. The second-order valence-corrected chi connectivity index (χ2v) is 7.72. The van der Waals surface area contributed by atoms with Crippen LogP contribution in [0.25, 0.3) is 0 Å². The summed E-state index contributed by atoms with van der Waals surface area (Å²) >= 11 is 0. The van der Waals surface area contributed by atoms with Gasteiger partial charge < -0.3 is 9.47 Å². The Hall–Kier alpha value is -2.54. The average molecular weight is 380 g/mol. The molecule has 0 aromatic carbocycles. The quantitative estimate of drug-likeness (QED) is 0.313. The molecule has 2 aliphatic carbocycles. The van der Waals surface area contributed by atoms with Crippen LogP contribution in [0.4, 0.5) is 0 Å². The zero-order valence-corrected chi connectivity index (χ0v) is 16.7. The molecule has 3 aliphatic rings. The number of ether oxygens (including phenoxy) is 2. The highest BCUT2D eigenvalue weighted by Crippen LogP contribution is 2.33. The lowest BCUT2D eigenvalue weighted by Crippen LogP contribution is -2.29. The fraction of sp³-hybridized carbons (Fsp3) is 0.500. The number of esters is 1. The molecular formula is C24H29NO3. The number of nitrogens with zero attached hydrogens (tertiary/aromatic N) is 1. The topological polar surface area (TPSA) is 59.3 Å². The Morgan fingerprint density at radius 3 is 2.46 bits per heavy atom. The van der Waals surface area contributed by atoms with Crippen molar-refractivity contribution in [3.63, 3.8) is 0 Å². The van der Waals surface area contributed by atoms with Crippen molar-refractivity contribution in [2.75, 3.05) is 0 Å². The van der Waals surface area contributed by atoms with Crippen molar-refractivity contribution in [1.82, 2.24) is 0 Å². The molecule has 148 valence electrons. The summed E-state index contributed by atoms with van der Waals surface area (Å²) in [6.45, 7) is 5.98. The van der Waals surface area contributed by atoms with Gasteiger partial charge in [-0.15, -0.1) is 0 Å². The van der Waals surface area contributed by atoms with Crippen molar-refractivity contribution >= 4 is 5.97 Å². The molecule has 1 saturated heterocycles. The van der Waals surface area contributed by atoms with Gasteiger partial charge in [0.1, 0.15) is 12.2 Å². The Morgan fingerprint density at radius 1 is 1.18 bits per heavy atom. The highest BCUT2D eigenvalue weighted by molar-refractivity contribution is 5.90. The fourth-order valence-corrected chi connectivity index (χ4v) is 3.89. The Balaban J connectivity index is 1.65. The maximum atomic E-state index is 11.7. The average Bonchev–Trinajstić information content (AvgIpc) is 3.06. The van der Waals surface area contributed by atoms with Crippen LogP contribution in [-0.2, 0) is 14.3 Å². The van der Waals surface area contributed by atoms with Crippen LogP contribution >= 0.6 is 0 Å². The van der Waals surface area contributed by atoms with Crippen LogP contribution in [0.5, 0.6) is 0 Å². The number of hydrogen-bond donors (Lipinski definition) is 0. The van der Waals surface area contributed by atoms with Gasteiger partial charge in [-0.05, 0) is 55.4 Å². The predicted octanol–water partition coefficient (Wildman–Crippen LogP) is 5.60. The SMILES string of the molecule is C=C1CC(C(CCCCC)OC2=CC=C(C3=CC=C(C#N)CC3)CC2)OC1=O. The first-order valence-corrected chi connectivity index (χ1v) is 10.4. The molecule has 0 spiro atoms. The largest absolute Gasteiger partial charge is 0.491 e. The molecule has 4 nitrogen and oxygen atoms in total. The van der Waals surface area contributed by atoms with Gasteiger partial charge >= 0.3 is 5.97 Å². The fourth-order valence-electron chi connectivity index (χ4n) is 3.89. The molecule has 0 radical (unpaired) electrons. The van der Waals surface area contributed by atoms with E-state index in [-0.39, 0.29) is 18.2 Å². The molecule has 0 bridgehead atoms. The van der Waals surface area contributed by atoms with E-state index in [1.807, 2.05) is 6.08 Å². The summed E-state index contributed by atoms with van der Waals surface area (Å²) in [4.78, 5) is 11.7. The third-order valence-corrected chi connectivity index (χ3v) is 5.62. The summed E-state index contributed by atoms with van der Waals surface area (Å²) in [6, 6.07) is 2.23. The molecule has 0 amide bonds. The second-order valence-electron chi connectivity index (χ2n) is 7.72. The highest BCUT2D eigenvalue weighted by atomic mass is 16.6. The Bertz CT molecular complexity index is 775. The van der Waals surface area contributed by atoms with Gasteiger partial charge in [-0.25, -0.2) is 4.79 Å². The van der Waals surface area contributed by atoms with E-state index in [4.69, 9.17) is 14.7 Å². The van der Waals surface area contributed by atoms with E-state index >= 15 is 0 Å². The number of carbonyl (C=O) groups is 1. The van der Waals surface area contributed by atoms with E-state index in [0.717, 1.165) is 62.7 Å². The molecule has 1 aliphatic heterocycles. The molecule has 0 aromatic heterocycles. The molecule has 4 heteroatoms. The van der Waals surface area contributed by atoms with E-state index in [1.165, 1.54) is 11.1 Å². The summed E-state index contributed by atoms with van der Waals surface area (Å²) in [6.07, 6.45) is 16.2. The normalized spacial score (nSPS) is 23.1. The predicted molar refractivity (Wildman–Crippen MR) is 109 cm³/mol. The van der Waals surface area contributed by atoms with Crippen LogP contribution in [0.2, 0.25) is 0 Å². The lowest BCUT2D eigenvalue weighted by molar-refractivity contribution is -0.144. The number of rotatable bonds is 8. The standard InChI is InChI=1S/C24H29NO3/c1-3-4-5-6-22(23-15-17(2)24(26)28-23)27-21-13-11-20(12-14-21)19-9-7-18(16-25)8-10-19/h7,9,11,13,22-23H,2-6,8,10,12,14-15H2,1H3. The van der Waals surface area contributed by atoms with Gasteiger partial charge in [-0.2, -0.15) is 5.26 Å². The summed E-state index contributed by atoms with van der Waals surface area (Å²) in [5.74, 6) is 0.673. The van der Waals surface area contributed by atoms with E-state index < -0.39 is 0 Å². The summed E-state index contributed by atoms with van der Waals surface area (Å²) in [5, 5.41) is 8.98. The number of nitriles is 1. The molecule has 0 saturated carbocycles. The van der Waals surface area contributed by atoms with Crippen LogP contribution < -0.4 is 0 Å². The Morgan fingerprint density at radius 2 is 1.93 bits per heavy atom. The molecule has 0 aromatic rings. The van der Waals surface area contributed by atoms with Crippen molar-refractivity contribution in [3.8, 4) is 6.07 Å². The minimum atomic E-state index is -0.289. The van der Waals surface area contributed by atoms with Gasteiger partial charge in [0.15, 0.2) is 0 Å². The third-order valence-electron chi connectivity index (χ3n) is 5.62. The summed E-state index contributed by atoms with van der Waals surface area (Å²) < 4.78 is 11.8. The lowest BCUT2D eigenvalue weighted by atomic mass is 9.89. The van der Waals surface area contributed by atoms with Crippen molar-refractivity contribution in [2.24, 2.45) is 0 Å². The van der Waals surface area contributed by atoms with Gasteiger partial charge in [0, 0.05) is 24.0 Å². The van der Waals surface area contributed by atoms with E-state index in [0.29, 0.717) is 12.0 Å². The molecule has 28 heavy (non-hydrogen) atoms. The van der Waals surface area contributed by atoms with Crippen LogP contribution in [0.3, 0.4) is 0 Å². The van der Waals surface area contributed by atoms with Crippen molar-refractivity contribution in [2.45, 2.75) is 76.9 Å². The van der Waals surface area contributed by atoms with Crippen molar-refractivity contribution in [1.29, 1.82) is 5.26 Å². The Labute approximate surface area is 167 Å². The smallest absolute Gasteiger partial charge is 0.333 e. The van der Waals surface area contributed by atoms with Crippen molar-refractivity contribution < 1.29 is 14.3 Å². The van der Waals surface area contributed by atoms with E-state index in [1.54, 1.807) is 0 Å². The molecule has 1 heterocycles. The van der Waals surface area contributed by atoms with Gasteiger partial charge in [-0.3, -0.25) is 0 Å². The molecule has 2 unspecified atom stereocenters. The number of allylic oxidation sites excluding steroid dienone is 8. The number of unbranched alkanes of at least 4 members (excludes halogenated alkanes) is 2. The van der Waals surface area contributed by atoms with Crippen LogP contribution in [0, 0.1) is 11.3 Å². The van der Waals surface area contributed by atoms with Gasteiger partial charge in [-0.1, -0.05) is 38.5 Å². The van der Waals surface area contributed by atoms with Gasteiger partial charge in [0.25, 0.3) is 0 Å². The number of carbonyl (C=O) groups excluding carboxylic acids is 1. The zero-order chi connectivity index (χ0) is 19.9. The first-order chi connectivity index (χ1) is 13.6. The second kappa shape index (κ2) is 9.59. The maximum absolute atomic E-state index is 11.7. The maximum Gasteiger partial charge on any atom is 0.333 e. The lowest BCUT2D eigenvalue weighted by Gasteiger charge is -2.27. The van der Waals surface area contributed by atoms with Gasteiger partial charge in [0.05, 0.1) is 11.8 Å². The number of cyclic esters (lactones) is 1. The van der Waals surface area contributed by atoms with Crippen molar-refractivity contribution in [3.05, 3.63) is 58.9 Å². The minimum Gasteiger partial charge on any atom is -0.491 e. The number of hydrogen-bond acceptors (Lipinski definition) is 4. The first kappa shape index (κ1) is 20.2. The molecule has 2 atom stereocenters. The van der Waals surface area contributed by atoms with Gasteiger partial charge in [0.2, 0.25) is 0 Å². The highest BCUT2D eigenvalue weighted by Gasteiger charge is 2.35. The third kappa shape index (κ3) is 5.04. The molecule has 3 rings (SSSR count). The van der Waals surface area contributed by atoms with Crippen LogP contribution in [0.1, 0.15) is 64.7 Å². The Kier molecular flexibility index (Phi) is 6.92. The summed E-state index contributed by atoms with van der Waals surface area (Å²) in [5.41, 5.74) is 4.03. The molecule has 1 fully saturated rings. The van der Waals surface area contributed by atoms with E-state index in [9.17, 15) is 4.79 Å². The monoisotopic (exact) mass is 379 g/mol.